The van der Waals surface area contributed by atoms with Gasteiger partial charge in [-0.25, -0.2) is 0 Å². The Labute approximate surface area is 215 Å². The van der Waals surface area contributed by atoms with Gasteiger partial charge in [0.1, 0.15) is 30.2 Å². The van der Waals surface area contributed by atoms with Crippen molar-refractivity contribution in [3.63, 3.8) is 0 Å². The Hall–Kier alpha value is -3.90. The van der Waals surface area contributed by atoms with Crippen LogP contribution in [0.1, 0.15) is 59.2 Å². The van der Waals surface area contributed by atoms with E-state index in [1.807, 2.05) is 24.3 Å². The van der Waals surface area contributed by atoms with Crippen LogP contribution < -0.4 is 14.8 Å². The third-order valence-corrected chi connectivity index (χ3v) is 7.46. The van der Waals surface area contributed by atoms with E-state index < -0.39 is 11.9 Å². The van der Waals surface area contributed by atoms with Gasteiger partial charge in [-0.2, -0.15) is 5.26 Å². The minimum absolute atomic E-state index is 0.189. The number of likely N-dealkylation sites (tertiary alicyclic amines) is 1. The summed E-state index contributed by atoms with van der Waals surface area (Å²) < 4.78 is 11.5. The van der Waals surface area contributed by atoms with Gasteiger partial charge in [-0.15, -0.1) is 0 Å². The van der Waals surface area contributed by atoms with Crippen LogP contribution in [0.5, 0.6) is 11.5 Å². The summed E-state index contributed by atoms with van der Waals surface area (Å²) in [6.45, 7) is 2.53. The normalized spacial score (nSPS) is 21.8. The van der Waals surface area contributed by atoms with Gasteiger partial charge >= 0.3 is 0 Å². The molecule has 0 spiro atoms. The SMILES string of the molecule is COc1ccc(CN2CCCC[C@@H]2COc2ccc3c(c2)CN(C2CCC(=O)NC2=O)C3=O)cc1C#N. The topological polar surface area (TPSA) is 112 Å². The lowest BCUT2D eigenvalue weighted by Crippen LogP contribution is -2.52. The molecule has 0 bridgehead atoms. The first-order chi connectivity index (χ1) is 18.0. The minimum Gasteiger partial charge on any atom is -0.495 e. The first-order valence-corrected chi connectivity index (χ1v) is 12.7. The van der Waals surface area contributed by atoms with E-state index >= 15 is 0 Å². The Morgan fingerprint density at radius 3 is 2.76 bits per heavy atom. The van der Waals surface area contributed by atoms with E-state index in [2.05, 4.69) is 16.3 Å². The monoisotopic (exact) mass is 502 g/mol. The maximum absolute atomic E-state index is 12.9. The number of carbonyl (C=O) groups is 3. The average Bonchev–Trinajstić information content (AvgIpc) is 3.23. The summed E-state index contributed by atoms with van der Waals surface area (Å²) in [6.07, 6.45) is 3.85. The van der Waals surface area contributed by atoms with Gasteiger partial charge < -0.3 is 14.4 Å². The van der Waals surface area contributed by atoms with Crippen LogP contribution >= 0.6 is 0 Å². The van der Waals surface area contributed by atoms with Crippen LogP contribution in [0.3, 0.4) is 0 Å². The summed E-state index contributed by atoms with van der Waals surface area (Å²) in [5.74, 6) is 0.376. The molecule has 9 heteroatoms. The van der Waals surface area contributed by atoms with Crippen molar-refractivity contribution in [1.29, 1.82) is 5.26 Å². The van der Waals surface area contributed by atoms with Crippen molar-refractivity contribution in [2.24, 2.45) is 0 Å². The Morgan fingerprint density at radius 2 is 1.97 bits per heavy atom. The number of hydrogen-bond donors (Lipinski definition) is 1. The van der Waals surface area contributed by atoms with Crippen LogP contribution in [-0.2, 0) is 22.7 Å². The second-order valence-electron chi connectivity index (χ2n) is 9.80. The van der Waals surface area contributed by atoms with Gasteiger partial charge in [0.2, 0.25) is 11.8 Å². The van der Waals surface area contributed by atoms with E-state index in [4.69, 9.17) is 9.47 Å². The number of piperidine rings is 2. The molecule has 37 heavy (non-hydrogen) atoms. The fraction of sp³-hybridized carbons (Fsp3) is 0.429. The number of methoxy groups -OCH3 is 1. The van der Waals surface area contributed by atoms with Crippen LogP contribution in [0.4, 0.5) is 0 Å². The number of benzene rings is 2. The second kappa shape index (κ2) is 10.6. The van der Waals surface area contributed by atoms with Crippen molar-refractivity contribution >= 4 is 17.7 Å². The summed E-state index contributed by atoms with van der Waals surface area (Å²) in [5.41, 5.74) is 3.00. The number of amides is 3. The highest BCUT2D eigenvalue weighted by atomic mass is 16.5. The molecule has 0 saturated carbocycles. The second-order valence-corrected chi connectivity index (χ2v) is 9.80. The van der Waals surface area contributed by atoms with Gasteiger partial charge in [-0.1, -0.05) is 12.5 Å². The van der Waals surface area contributed by atoms with Gasteiger partial charge in [0, 0.05) is 31.1 Å². The molecule has 2 saturated heterocycles. The van der Waals surface area contributed by atoms with Crippen LogP contribution in [0.15, 0.2) is 36.4 Å². The summed E-state index contributed by atoms with van der Waals surface area (Å²) in [5, 5.41) is 11.8. The zero-order valence-corrected chi connectivity index (χ0v) is 20.9. The van der Waals surface area contributed by atoms with Crippen molar-refractivity contribution in [2.75, 3.05) is 20.3 Å². The maximum Gasteiger partial charge on any atom is 0.255 e. The van der Waals surface area contributed by atoms with Gasteiger partial charge in [0.25, 0.3) is 5.91 Å². The summed E-state index contributed by atoms with van der Waals surface area (Å²) in [4.78, 5) is 40.6. The molecule has 2 fully saturated rings. The summed E-state index contributed by atoms with van der Waals surface area (Å²) >= 11 is 0. The van der Waals surface area contributed by atoms with Crippen LogP contribution in [0.25, 0.3) is 0 Å². The molecule has 1 N–H and O–H groups in total. The molecule has 2 aromatic carbocycles. The van der Waals surface area contributed by atoms with E-state index in [0.717, 1.165) is 43.5 Å². The predicted molar refractivity (Wildman–Crippen MR) is 134 cm³/mol. The quantitative estimate of drug-likeness (QED) is 0.580. The van der Waals surface area contributed by atoms with Crippen LogP contribution in [0, 0.1) is 11.3 Å². The number of nitrogens with zero attached hydrogens (tertiary/aromatic N) is 3. The number of rotatable bonds is 7. The molecular weight excluding hydrogens is 472 g/mol. The molecule has 3 heterocycles. The fourth-order valence-electron chi connectivity index (χ4n) is 5.47. The third kappa shape index (κ3) is 5.16. The van der Waals surface area contributed by atoms with Crippen molar-refractivity contribution in [3.8, 4) is 17.6 Å². The van der Waals surface area contributed by atoms with Crippen LogP contribution in [-0.4, -0.2) is 59.9 Å². The zero-order chi connectivity index (χ0) is 25.9. The number of hydrogen-bond acceptors (Lipinski definition) is 7. The Kier molecular flexibility index (Phi) is 7.10. The molecule has 0 aromatic heterocycles. The lowest BCUT2D eigenvalue weighted by atomic mass is 10.0. The van der Waals surface area contributed by atoms with Gasteiger partial charge in [-0.3, -0.25) is 24.6 Å². The van der Waals surface area contributed by atoms with E-state index in [1.54, 1.807) is 24.1 Å². The van der Waals surface area contributed by atoms with Gasteiger partial charge in [0.15, 0.2) is 0 Å². The van der Waals surface area contributed by atoms with Crippen molar-refractivity contribution < 1.29 is 23.9 Å². The average molecular weight is 503 g/mol. The molecule has 3 aliphatic heterocycles. The minimum atomic E-state index is -0.628. The number of imide groups is 1. The van der Waals surface area contributed by atoms with Crippen molar-refractivity contribution in [3.05, 3.63) is 58.7 Å². The molecule has 2 atom stereocenters. The van der Waals surface area contributed by atoms with E-state index in [0.29, 0.717) is 42.2 Å². The highest BCUT2D eigenvalue weighted by Gasteiger charge is 2.39. The molecule has 1 unspecified atom stereocenters. The molecule has 2 aromatic rings. The fourth-order valence-corrected chi connectivity index (χ4v) is 5.47. The number of nitriles is 1. The molecule has 0 radical (unpaired) electrons. The summed E-state index contributed by atoms with van der Waals surface area (Å²) in [7, 11) is 1.56. The van der Waals surface area contributed by atoms with Crippen LogP contribution in [0.2, 0.25) is 0 Å². The third-order valence-electron chi connectivity index (χ3n) is 7.46. The standard InChI is InChI=1S/C28H30N4O5/c1-36-25-9-5-18(12-19(25)14-29)15-31-11-3-2-4-21(31)17-37-22-6-7-23-20(13-22)16-32(28(23)35)24-8-10-26(33)30-27(24)34/h5-7,9,12-13,21,24H,2-4,8,10-11,15-17H2,1H3,(H,30,33,34)/t21-,24?/m1/s1. The first kappa shape index (κ1) is 24.8. The molecule has 192 valence electrons. The van der Waals surface area contributed by atoms with Crippen molar-refractivity contribution in [1.82, 2.24) is 15.1 Å². The van der Waals surface area contributed by atoms with E-state index in [1.165, 1.54) is 0 Å². The number of fused-ring (bicyclic) bond motifs is 1. The smallest absolute Gasteiger partial charge is 0.255 e. The Balaban J connectivity index is 1.23. The Bertz CT molecular complexity index is 1270. The molecule has 3 amide bonds. The maximum atomic E-state index is 12.9. The zero-order valence-electron chi connectivity index (χ0n) is 20.9. The lowest BCUT2D eigenvalue weighted by molar-refractivity contribution is -0.136. The molecular formula is C28H30N4O5. The largest absolute Gasteiger partial charge is 0.495 e. The summed E-state index contributed by atoms with van der Waals surface area (Å²) in [6, 6.07) is 13.0. The van der Waals surface area contributed by atoms with E-state index in [9.17, 15) is 19.6 Å². The number of carbonyl (C=O) groups excluding carboxylic acids is 3. The molecule has 9 nitrogen and oxygen atoms in total. The Morgan fingerprint density at radius 1 is 1.11 bits per heavy atom. The highest BCUT2D eigenvalue weighted by Crippen LogP contribution is 2.31. The van der Waals surface area contributed by atoms with E-state index in [-0.39, 0.29) is 24.3 Å². The molecule has 5 rings (SSSR count). The number of nitrogens with one attached hydrogen (secondary N) is 1. The first-order valence-electron chi connectivity index (χ1n) is 12.7. The lowest BCUT2D eigenvalue weighted by Gasteiger charge is -2.35. The molecule has 0 aliphatic carbocycles. The number of ether oxygens (including phenoxy) is 2. The van der Waals surface area contributed by atoms with Crippen molar-refractivity contribution in [2.45, 2.75) is 57.3 Å². The van der Waals surface area contributed by atoms with Gasteiger partial charge in [0.05, 0.1) is 12.7 Å². The highest BCUT2D eigenvalue weighted by molar-refractivity contribution is 6.05. The van der Waals surface area contributed by atoms with Gasteiger partial charge in [-0.05, 0) is 67.3 Å². The predicted octanol–water partition coefficient (Wildman–Crippen LogP) is 2.76. The molecule has 3 aliphatic rings.